The molecule has 3 aromatic heterocycles. The first-order chi connectivity index (χ1) is 18.7. The number of carboxylic acids is 1. The molecule has 1 aromatic carbocycles. The first-order valence-electron chi connectivity index (χ1n) is 12.9. The van der Waals surface area contributed by atoms with Gasteiger partial charge in [0, 0.05) is 55.5 Å². The van der Waals surface area contributed by atoms with Crippen LogP contribution in [0.4, 0.5) is 15.9 Å². The molecule has 1 aliphatic rings. The van der Waals surface area contributed by atoms with Crippen molar-refractivity contribution in [1.82, 2.24) is 24.9 Å². The van der Waals surface area contributed by atoms with Crippen molar-refractivity contribution in [3.8, 4) is 22.5 Å². The number of anilines is 2. The van der Waals surface area contributed by atoms with Crippen LogP contribution in [-0.4, -0.2) is 61.7 Å². The highest BCUT2D eigenvalue weighted by atomic mass is 32.1. The lowest BCUT2D eigenvalue weighted by Crippen LogP contribution is -2.43. The molecule has 0 radical (unpaired) electrons. The third-order valence-corrected chi connectivity index (χ3v) is 8.41. The number of nitrogens with two attached hydrogens (primary N) is 1. The van der Waals surface area contributed by atoms with E-state index < -0.39 is 17.4 Å². The number of aromatic nitrogens is 5. The van der Waals surface area contributed by atoms with Gasteiger partial charge in [0.25, 0.3) is 0 Å². The van der Waals surface area contributed by atoms with Crippen LogP contribution in [0.15, 0.2) is 36.9 Å². The van der Waals surface area contributed by atoms with E-state index in [0.717, 1.165) is 33.4 Å². The number of piperidine rings is 1. The van der Waals surface area contributed by atoms with Gasteiger partial charge >= 0.3 is 12.0 Å². The molecule has 1 saturated heterocycles. The maximum Gasteiger partial charge on any atom is 0.321 e. The molecule has 39 heavy (non-hydrogen) atoms. The lowest BCUT2D eigenvalue weighted by Gasteiger charge is -2.36. The van der Waals surface area contributed by atoms with Crippen LogP contribution in [0, 0.1) is 5.41 Å². The molecule has 12 heteroatoms. The number of carboxylic acid groups (broad SMARTS) is 1. The summed E-state index contributed by atoms with van der Waals surface area (Å²) in [6.07, 6.45) is 9.06. The maximum absolute atomic E-state index is 12.0. The van der Waals surface area contributed by atoms with E-state index in [1.165, 1.54) is 16.2 Å². The third-order valence-electron chi connectivity index (χ3n) is 7.28. The first kappa shape index (κ1) is 26.4. The van der Waals surface area contributed by atoms with E-state index in [1.807, 2.05) is 43.3 Å². The fourth-order valence-electron chi connectivity index (χ4n) is 4.58. The van der Waals surface area contributed by atoms with Crippen LogP contribution < -0.4 is 15.5 Å². The SMILES string of the molecule is CCc1cnc(-c2cc(-c3cnc(N4CCC(C)(C(=O)O)CC4)nc3)cc3nc(N(CC)C(N)=O)sc23)nc1. The predicted molar refractivity (Wildman–Crippen MR) is 151 cm³/mol. The summed E-state index contributed by atoms with van der Waals surface area (Å²) in [7, 11) is 0. The number of hydrogen-bond acceptors (Lipinski definition) is 9. The monoisotopic (exact) mass is 546 g/mol. The molecule has 1 fully saturated rings. The molecule has 5 rings (SSSR count). The summed E-state index contributed by atoms with van der Waals surface area (Å²) in [5.74, 6) is 0.367. The summed E-state index contributed by atoms with van der Waals surface area (Å²) < 4.78 is 0.852. The van der Waals surface area contributed by atoms with Gasteiger partial charge < -0.3 is 15.7 Å². The number of primary amides is 1. The van der Waals surface area contributed by atoms with Gasteiger partial charge in [0.15, 0.2) is 11.0 Å². The van der Waals surface area contributed by atoms with Crippen LogP contribution in [-0.2, 0) is 11.2 Å². The van der Waals surface area contributed by atoms with Crippen molar-refractivity contribution in [3.63, 3.8) is 0 Å². The number of amides is 2. The maximum atomic E-state index is 12.0. The number of nitrogens with zero attached hydrogens (tertiary/aromatic N) is 7. The Balaban J connectivity index is 1.52. The van der Waals surface area contributed by atoms with Crippen molar-refractivity contribution in [1.29, 1.82) is 0 Å². The van der Waals surface area contributed by atoms with Crippen LogP contribution in [0.5, 0.6) is 0 Å². The van der Waals surface area contributed by atoms with Gasteiger partial charge in [-0.3, -0.25) is 9.69 Å². The zero-order valence-corrected chi connectivity index (χ0v) is 22.9. The van der Waals surface area contributed by atoms with Crippen molar-refractivity contribution < 1.29 is 14.7 Å². The quantitative estimate of drug-likeness (QED) is 0.344. The van der Waals surface area contributed by atoms with Crippen molar-refractivity contribution in [2.75, 3.05) is 29.4 Å². The molecule has 202 valence electrons. The van der Waals surface area contributed by atoms with Gasteiger partial charge in [-0.25, -0.2) is 29.7 Å². The zero-order chi connectivity index (χ0) is 27.7. The number of urea groups is 1. The molecule has 0 atom stereocenters. The Morgan fingerprint density at radius 3 is 2.28 bits per heavy atom. The Hall–Kier alpha value is -4.19. The lowest BCUT2D eigenvalue weighted by molar-refractivity contribution is -0.149. The van der Waals surface area contributed by atoms with Crippen LogP contribution in [0.1, 0.15) is 39.2 Å². The van der Waals surface area contributed by atoms with Crippen LogP contribution >= 0.6 is 11.3 Å². The molecule has 0 aliphatic carbocycles. The molecule has 0 bridgehead atoms. The van der Waals surface area contributed by atoms with Gasteiger partial charge in [-0.15, -0.1) is 0 Å². The Morgan fingerprint density at radius 2 is 1.72 bits per heavy atom. The summed E-state index contributed by atoms with van der Waals surface area (Å²) >= 11 is 1.37. The van der Waals surface area contributed by atoms with Crippen molar-refractivity contribution in [2.45, 2.75) is 40.0 Å². The van der Waals surface area contributed by atoms with Crippen LogP contribution in [0.3, 0.4) is 0 Å². The molecule has 0 spiro atoms. The summed E-state index contributed by atoms with van der Waals surface area (Å²) in [6.45, 7) is 7.25. The normalized spacial score (nSPS) is 14.9. The van der Waals surface area contributed by atoms with E-state index in [9.17, 15) is 14.7 Å². The molecular formula is C27H30N8O3S. The topological polar surface area (TPSA) is 151 Å². The average molecular weight is 547 g/mol. The van der Waals surface area contributed by atoms with Gasteiger partial charge in [-0.1, -0.05) is 18.3 Å². The minimum Gasteiger partial charge on any atom is -0.481 e. The molecule has 1 aliphatic heterocycles. The largest absolute Gasteiger partial charge is 0.481 e. The molecule has 11 nitrogen and oxygen atoms in total. The average Bonchev–Trinajstić information content (AvgIpc) is 3.37. The highest BCUT2D eigenvalue weighted by Crippen LogP contribution is 2.39. The molecule has 4 heterocycles. The summed E-state index contributed by atoms with van der Waals surface area (Å²) in [6, 6.07) is 3.36. The van der Waals surface area contributed by atoms with Crippen molar-refractivity contribution >= 4 is 44.6 Å². The summed E-state index contributed by atoms with van der Waals surface area (Å²) in [4.78, 5) is 50.1. The van der Waals surface area contributed by atoms with Gasteiger partial charge in [0.1, 0.15) is 0 Å². The highest BCUT2D eigenvalue weighted by Gasteiger charge is 2.37. The number of benzene rings is 1. The molecule has 0 saturated carbocycles. The van der Waals surface area contributed by atoms with E-state index in [0.29, 0.717) is 54.9 Å². The van der Waals surface area contributed by atoms with Gasteiger partial charge in [0.2, 0.25) is 5.95 Å². The second kappa shape index (κ2) is 10.5. The number of rotatable bonds is 7. The highest BCUT2D eigenvalue weighted by molar-refractivity contribution is 7.23. The molecule has 4 aromatic rings. The summed E-state index contributed by atoms with van der Waals surface area (Å²) in [5, 5.41) is 10.0. The fraction of sp³-hybridized carbons (Fsp3) is 0.370. The van der Waals surface area contributed by atoms with Crippen molar-refractivity contribution in [2.24, 2.45) is 11.1 Å². The Labute approximate surface area is 229 Å². The Bertz CT molecular complexity index is 1510. The lowest BCUT2D eigenvalue weighted by atomic mass is 9.80. The minimum absolute atomic E-state index is 0.399. The van der Waals surface area contributed by atoms with E-state index in [-0.39, 0.29) is 0 Å². The van der Waals surface area contributed by atoms with E-state index in [4.69, 9.17) is 10.7 Å². The van der Waals surface area contributed by atoms with E-state index >= 15 is 0 Å². The number of carbonyl (C=O) groups excluding carboxylic acids is 1. The minimum atomic E-state index is -0.763. The van der Waals surface area contributed by atoms with E-state index in [2.05, 4.69) is 19.9 Å². The molecule has 0 unspecified atom stereocenters. The van der Waals surface area contributed by atoms with Crippen molar-refractivity contribution in [3.05, 3.63) is 42.5 Å². The number of fused-ring (bicyclic) bond motifs is 1. The third kappa shape index (κ3) is 5.11. The van der Waals surface area contributed by atoms with Gasteiger partial charge in [0.05, 0.1) is 15.6 Å². The standard InChI is InChI=1S/C27H30N8O3S/c1-4-16-12-29-22(30-13-16)19-10-17(11-20-21(19)39-26(33-20)35(5-2)24(28)38)18-14-31-25(32-15-18)34-8-6-27(3,7-9-34)23(36)37/h10-15H,4-9H2,1-3H3,(H2,28,38)(H,36,37). The fourth-order valence-corrected chi connectivity index (χ4v) is 5.70. The van der Waals surface area contributed by atoms with Gasteiger partial charge in [-0.2, -0.15) is 0 Å². The zero-order valence-electron chi connectivity index (χ0n) is 22.1. The Morgan fingerprint density at radius 1 is 1.05 bits per heavy atom. The van der Waals surface area contributed by atoms with Gasteiger partial charge in [-0.05, 0) is 56.4 Å². The Kier molecular flexibility index (Phi) is 7.13. The second-order valence-corrected chi connectivity index (χ2v) is 10.8. The second-order valence-electron chi connectivity index (χ2n) is 9.84. The molecule has 2 amide bonds. The number of aliphatic carboxylic acids is 1. The van der Waals surface area contributed by atoms with E-state index in [1.54, 1.807) is 19.3 Å². The number of aryl methyl sites for hydroxylation is 1. The number of hydrogen-bond donors (Lipinski definition) is 2. The number of thiazole rings is 1. The summed E-state index contributed by atoms with van der Waals surface area (Å²) in [5.41, 5.74) is 9.02. The molecular weight excluding hydrogens is 516 g/mol. The number of carbonyl (C=O) groups is 2. The molecule has 3 N–H and O–H groups in total. The van der Waals surface area contributed by atoms with Crippen LogP contribution in [0.2, 0.25) is 0 Å². The predicted octanol–water partition coefficient (Wildman–Crippen LogP) is 4.37. The van der Waals surface area contributed by atoms with Crippen LogP contribution in [0.25, 0.3) is 32.7 Å². The first-order valence-corrected chi connectivity index (χ1v) is 13.7. The smallest absolute Gasteiger partial charge is 0.321 e.